The molecule has 7 heteroatoms. The zero-order chi connectivity index (χ0) is 25.7. The van der Waals surface area contributed by atoms with Gasteiger partial charge in [0.1, 0.15) is 28.8 Å². The molecule has 0 bridgehead atoms. The lowest BCUT2D eigenvalue weighted by atomic mass is 10.1. The number of rotatable bonds is 8. The molecule has 35 heavy (non-hydrogen) atoms. The highest BCUT2D eigenvalue weighted by molar-refractivity contribution is 6.15. The average molecular weight is 481 g/mol. The monoisotopic (exact) mass is 480 g/mol. The Kier molecular flexibility index (Phi) is 8.22. The number of benzene rings is 2. The van der Waals surface area contributed by atoms with Gasteiger partial charge in [0.05, 0.1) is 16.9 Å². The van der Waals surface area contributed by atoms with Crippen molar-refractivity contribution in [2.45, 2.75) is 53.4 Å². The summed E-state index contributed by atoms with van der Waals surface area (Å²) in [6.45, 7) is 8.44. The third kappa shape index (κ3) is 6.44. The molecule has 0 fully saturated rings. The Balaban J connectivity index is 1.83. The maximum atomic E-state index is 14.0. The van der Waals surface area contributed by atoms with Gasteiger partial charge in [-0.1, -0.05) is 34.9 Å². The third-order valence-corrected chi connectivity index (χ3v) is 5.93. The molecule has 1 heterocycles. The molecule has 1 aliphatic heterocycles. The van der Waals surface area contributed by atoms with Crippen molar-refractivity contribution in [1.29, 1.82) is 0 Å². The zero-order valence-electron chi connectivity index (χ0n) is 20.7. The molecule has 0 aliphatic carbocycles. The first-order valence-electron chi connectivity index (χ1n) is 11.7. The SMILES string of the molecule is CC(C)=CCC/C(C)=C/CC/C(C)=C/CN1C(=O)c2cc(F)cc(O)c2Nc2c(O)cc(O)cc21. The fourth-order valence-corrected chi connectivity index (χ4v) is 3.98. The lowest BCUT2D eigenvalue weighted by molar-refractivity contribution is 0.0990. The van der Waals surface area contributed by atoms with E-state index in [-0.39, 0.29) is 40.7 Å². The second-order valence-electron chi connectivity index (χ2n) is 9.21. The van der Waals surface area contributed by atoms with Gasteiger partial charge in [0.15, 0.2) is 0 Å². The smallest absolute Gasteiger partial charge is 0.260 e. The van der Waals surface area contributed by atoms with Crippen LogP contribution in [0.3, 0.4) is 0 Å². The summed E-state index contributed by atoms with van der Waals surface area (Å²) >= 11 is 0. The topological polar surface area (TPSA) is 93.0 Å². The van der Waals surface area contributed by atoms with Crippen LogP contribution >= 0.6 is 0 Å². The number of fused-ring (bicyclic) bond motifs is 2. The number of hydrogen-bond donors (Lipinski definition) is 4. The number of allylic oxidation sites excluding steroid dienone is 5. The van der Waals surface area contributed by atoms with Crippen LogP contribution in [0, 0.1) is 5.82 Å². The third-order valence-electron chi connectivity index (χ3n) is 5.93. The minimum Gasteiger partial charge on any atom is -0.508 e. The fourth-order valence-electron chi connectivity index (χ4n) is 3.98. The lowest BCUT2D eigenvalue weighted by Crippen LogP contribution is -2.30. The van der Waals surface area contributed by atoms with Crippen LogP contribution in [0.25, 0.3) is 0 Å². The number of amides is 1. The quantitative estimate of drug-likeness (QED) is 0.184. The molecule has 1 amide bonds. The van der Waals surface area contributed by atoms with Gasteiger partial charge in [-0.05, 0) is 59.4 Å². The van der Waals surface area contributed by atoms with Gasteiger partial charge in [0.2, 0.25) is 0 Å². The van der Waals surface area contributed by atoms with Gasteiger partial charge < -0.3 is 25.5 Å². The normalized spacial score (nSPS) is 13.6. The van der Waals surface area contributed by atoms with Gasteiger partial charge in [-0.3, -0.25) is 4.79 Å². The Morgan fingerprint density at radius 1 is 0.886 bits per heavy atom. The van der Waals surface area contributed by atoms with E-state index in [1.165, 1.54) is 22.1 Å². The highest BCUT2D eigenvalue weighted by Crippen LogP contribution is 2.46. The molecule has 1 aliphatic rings. The molecule has 0 spiro atoms. The standard InChI is InChI=1S/C28H33FN2O4/c1-17(2)7-5-8-18(3)9-6-10-19(4)11-12-31-23-15-21(32)16-25(34)27(23)30-26-22(28(31)35)13-20(29)14-24(26)33/h7,9,11,13-16,30,32-34H,5-6,8,10,12H2,1-4H3/b18-9+,19-11+. The second-order valence-corrected chi connectivity index (χ2v) is 9.21. The summed E-state index contributed by atoms with van der Waals surface area (Å²) in [7, 11) is 0. The number of nitrogens with one attached hydrogen (secondary N) is 1. The highest BCUT2D eigenvalue weighted by Gasteiger charge is 2.30. The molecule has 0 saturated heterocycles. The molecule has 0 saturated carbocycles. The summed E-state index contributed by atoms with van der Waals surface area (Å²) in [6.07, 6.45) is 10.1. The average Bonchev–Trinajstić information content (AvgIpc) is 2.87. The molecular weight excluding hydrogens is 447 g/mol. The van der Waals surface area contributed by atoms with E-state index in [1.807, 2.05) is 13.0 Å². The Morgan fingerprint density at radius 2 is 1.51 bits per heavy atom. The predicted octanol–water partition coefficient (Wildman–Crippen LogP) is 7.07. The minimum atomic E-state index is -0.757. The molecule has 6 nitrogen and oxygen atoms in total. The number of hydrogen-bond acceptors (Lipinski definition) is 5. The molecule has 2 aromatic carbocycles. The van der Waals surface area contributed by atoms with Crippen LogP contribution in [0.2, 0.25) is 0 Å². The van der Waals surface area contributed by atoms with Crippen molar-refractivity contribution in [2.75, 3.05) is 16.8 Å². The van der Waals surface area contributed by atoms with Gasteiger partial charge in [0, 0.05) is 24.7 Å². The molecule has 0 unspecified atom stereocenters. The van der Waals surface area contributed by atoms with E-state index >= 15 is 0 Å². The molecule has 186 valence electrons. The van der Waals surface area contributed by atoms with Crippen LogP contribution < -0.4 is 10.2 Å². The van der Waals surface area contributed by atoms with Crippen LogP contribution in [0.5, 0.6) is 17.2 Å². The van der Waals surface area contributed by atoms with Gasteiger partial charge in [-0.25, -0.2) is 4.39 Å². The van der Waals surface area contributed by atoms with Crippen LogP contribution in [0.4, 0.5) is 21.5 Å². The van der Waals surface area contributed by atoms with E-state index in [9.17, 15) is 24.5 Å². The molecule has 0 radical (unpaired) electrons. The first-order valence-corrected chi connectivity index (χ1v) is 11.7. The molecular formula is C28H33FN2O4. The van der Waals surface area contributed by atoms with Crippen molar-refractivity contribution >= 4 is 23.0 Å². The Labute approximate surface area is 205 Å². The molecule has 4 N–H and O–H groups in total. The van der Waals surface area contributed by atoms with Crippen molar-refractivity contribution in [3.63, 3.8) is 0 Å². The van der Waals surface area contributed by atoms with E-state index in [4.69, 9.17) is 0 Å². The minimum absolute atomic E-state index is 0.00411. The molecule has 0 atom stereocenters. The first kappa shape index (κ1) is 25.9. The van der Waals surface area contributed by atoms with Gasteiger partial charge in [-0.15, -0.1) is 0 Å². The molecule has 2 aromatic rings. The number of carbonyl (C=O) groups is 1. The van der Waals surface area contributed by atoms with Crippen LogP contribution in [0.15, 0.2) is 59.2 Å². The number of aromatic hydroxyl groups is 3. The summed E-state index contributed by atoms with van der Waals surface area (Å²) in [4.78, 5) is 14.7. The van der Waals surface area contributed by atoms with Crippen molar-refractivity contribution in [3.05, 3.63) is 70.6 Å². The van der Waals surface area contributed by atoms with Crippen molar-refractivity contribution < 1.29 is 24.5 Å². The van der Waals surface area contributed by atoms with Crippen molar-refractivity contribution in [3.8, 4) is 17.2 Å². The number of halogens is 1. The maximum Gasteiger partial charge on any atom is 0.260 e. The second kappa shape index (κ2) is 11.1. The highest BCUT2D eigenvalue weighted by atomic mass is 19.1. The fraction of sp³-hybridized carbons (Fsp3) is 0.321. The molecule has 3 rings (SSSR count). The number of carbonyl (C=O) groups excluding carboxylic acids is 1. The van der Waals surface area contributed by atoms with Crippen LogP contribution in [-0.4, -0.2) is 27.8 Å². The molecule has 0 aromatic heterocycles. The van der Waals surface area contributed by atoms with E-state index in [0.29, 0.717) is 0 Å². The summed E-state index contributed by atoms with van der Waals surface area (Å²) in [5, 5.41) is 33.6. The summed E-state index contributed by atoms with van der Waals surface area (Å²) in [6, 6.07) is 4.42. The van der Waals surface area contributed by atoms with Crippen molar-refractivity contribution in [2.24, 2.45) is 0 Å². The van der Waals surface area contributed by atoms with E-state index in [1.54, 1.807) is 0 Å². The Hall–Kier alpha value is -3.74. The maximum absolute atomic E-state index is 14.0. The Bertz CT molecular complexity index is 1210. The van der Waals surface area contributed by atoms with E-state index < -0.39 is 17.5 Å². The number of nitrogens with zero attached hydrogens (tertiary/aromatic N) is 1. The first-order chi connectivity index (χ1) is 16.6. The van der Waals surface area contributed by atoms with Crippen LogP contribution in [0.1, 0.15) is 63.7 Å². The van der Waals surface area contributed by atoms with E-state index in [0.717, 1.165) is 49.5 Å². The lowest BCUT2D eigenvalue weighted by Gasteiger charge is -2.22. The van der Waals surface area contributed by atoms with Gasteiger partial charge in [-0.2, -0.15) is 0 Å². The zero-order valence-corrected chi connectivity index (χ0v) is 20.7. The van der Waals surface area contributed by atoms with Gasteiger partial charge >= 0.3 is 0 Å². The number of anilines is 3. The van der Waals surface area contributed by atoms with Crippen LogP contribution in [-0.2, 0) is 0 Å². The Morgan fingerprint density at radius 3 is 2.20 bits per heavy atom. The van der Waals surface area contributed by atoms with Gasteiger partial charge in [0.25, 0.3) is 5.91 Å². The number of phenolic OH excluding ortho intramolecular Hbond substituents is 3. The number of phenols is 3. The van der Waals surface area contributed by atoms with E-state index in [2.05, 4.69) is 38.2 Å². The summed E-state index contributed by atoms with van der Waals surface area (Å²) in [5.41, 5.74) is 4.01. The van der Waals surface area contributed by atoms with Crippen molar-refractivity contribution in [1.82, 2.24) is 0 Å². The summed E-state index contributed by atoms with van der Waals surface area (Å²) < 4.78 is 14.0. The predicted molar refractivity (Wildman–Crippen MR) is 138 cm³/mol. The summed E-state index contributed by atoms with van der Waals surface area (Å²) in [5.74, 6) is -2.30. The largest absolute Gasteiger partial charge is 0.508 e.